The van der Waals surface area contributed by atoms with Crippen LogP contribution in [0.3, 0.4) is 0 Å². The molecule has 90 valence electrons. The number of hydrogen-bond acceptors (Lipinski definition) is 2. The van der Waals surface area contributed by atoms with Crippen LogP contribution >= 0.6 is 0 Å². The van der Waals surface area contributed by atoms with Crippen molar-refractivity contribution in [3.63, 3.8) is 0 Å². The monoisotopic (exact) mass is 229 g/mol. The number of rotatable bonds is 5. The van der Waals surface area contributed by atoms with Crippen molar-refractivity contribution in [2.75, 3.05) is 13.7 Å². The van der Waals surface area contributed by atoms with Crippen LogP contribution in [0.2, 0.25) is 0 Å². The molecule has 1 rings (SSSR count). The minimum Gasteiger partial charge on any atom is -0.497 e. The molecule has 0 bridgehead atoms. The summed E-state index contributed by atoms with van der Waals surface area (Å²) in [5, 5.41) is 0. The fourth-order valence-corrected chi connectivity index (χ4v) is 1.45. The van der Waals surface area contributed by atoms with E-state index in [9.17, 15) is 8.78 Å². The number of methoxy groups -OCH3 is 1. The molecule has 1 aromatic rings. The molecule has 0 radical (unpaired) electrons. The maximum Gasteiger partial charge on any atom is 0.245 e. The lowest BCUT2D eigenvalue weighted by atomic mass is 9.84. The van der Waals surface area contributed by atoms with Gasteiger partial charge in [-0.2, -0.15) is 0 Å². The molecule has 0 aliphatic heterocycles. The Bertz CT molecular complexity index is 326. The highest BCUT2D eigenvalue weighted by Gasteiger charge is 2.33. The van der Waals surface area contributed by atoms with Crippen molar-refractivity contribution in [3.05, 3.63) is 29.8 Å². The van der Waals surface area contributed by atoms with Crippen LogP contribution in [0.4, 0.5) is 8.78 Å². The Morgan fingerprint density at radius 1 is 1.31 bits per heavy atom. The van der Waals surface area contributed by atoms with Crippen LogP contribution < -0.4 is 10.5 Å². The highest BCUT2D eigenvalue weighted by Crippen LogP contribution is 2.29. The van der Waals surface area contributed by atoms with E-state index in [1.54, 1.807) is 31.4 Å². The third-order valence-electron chi connectivity index (χ3n) is 2.76. The van der Waals surface area contributed by atoms with Gasteiger partial charge in [0.1, 0.15) is 5.75 Å². The van der Waals surface area contributed by atoms with Gasteiger partial charge in [0.15, 0.2) is 0 Å². The molecule has 0 amide bonds. The van der Waals surface area contributed by atoms with Crippen LogP contribution in [-0.2, 0) is 6.42 Å². The Kier molecular flexibility index (Phi) is 4.24. The summed E-state index contributed by atoms with van der Waals surface area (Å²) in [6.07, 6.45) is -2.15. The van der Waals surface area contributed by atoms with Crippen LogP contribution in [-0.4, -0.2) is 20.1 Å². The summed E-state index contributed by atoms with van der Waals surface area (Å²) in [6, 6.07) is 7.10. The zero-order valence-electron chi connectivity index (χ0n) is 9.54. The highest BCUT2D eigenvalue weighted by molar-refractivity contribution is 5.27. The second kappa shape index (κ2) is 5.25. The van der Waals surface area contributed by atoms with Gasteiger partial charge in [0.2, 0.25) is 6.43 Å². The molecule has 0 saturated heterocycles. The standard InChI is InChI=1S/C12H17F2NO/c1-12(8-15,11(13)14)7-9-3-5-10(16-2)6-4-9/h3-6,11H,7-8,15H2,1-2H3. The number of halogens is 2. The predicted molar refractivity (Wildman–Crippen MR) is 59.9 cm³/mol. The van der Waals surface area contributed by atoms with Crippen LogP contribution in [0.15, 0.2) is 24.3 Å². The summed E-state index contributed by atoms with van der Waals surface area (Å²) in [4.78, 5) is 0. The van der Waals surface area contributed by atoms with E-state index < -0.39 is 11.8 Å². The molecular formula is C12H17F2NO. The van der Waals surface area contributed by atoms with Gasteiger partial charge >= 0.3 is 0 Å². The quantitative estimate of drug-likeness (QED) is 0.841. The van der Waals surface area contributed by atoms with Crippen molar-refractivity contribution in [1.82, 2.24) is 0 Å². The van der Waals surface area contributed by atoms with Crippen molar-refractivity contribution < 1.29 is 13.5 Å². The molecule has 0 saturated carbocycles. The zero-order chi connectivity index (χ0) is 12.2. The average molecular weight is 229 g/mol. The number of nitrogens with two attached hydrogens (primary N) is 1. The van der Waals surface area contributed by atoms with E-state index >= 15 is 0 Å². The van der Waals surface area contributed by atoms with E-state index in [0.29, 0.717) is 0 Å². The maximum atomic E-state index is 12.8. The molecule has 1 unspecified atom stereocenters. The topological polar surface area (TPSA) is 35.2 Å². The van der Waals surface area contributed by atoms with Crippen LogP contribution in [0.5, 0.6) is 5.75 Å². The van der Waals surface area contributed by atoms with Crippen molar-refractivity contribution in [2.24, 2.45) is 11.1 Å². The SMILES string of the molecule is COc1ccc(CC(C)(CN)C(F)F)cc1. The number of hydrogen-bond donors (Lipinski definition) is 1. The molecule has 0 spiro atoms. The van der Waals surface area contributed by atoms with Crippen molar-refractivity contribution in [1.29, 1.82) is 0 Å². The molecule has 0 aromatic heterocycles. The maximum absolute atomic E-state index is 12.8. The second-order valence-electron chi connectivity index (χ2n) is 4.18. The normalized spacial score (nSPS) is 14.9. The zero-order valence-corrected chi connectivity index (χ0v) is 9.54. The summed E-state index contributed by atoms with van der Waals surface area (Å²) < 4.78 is 30.6. The molecule has 1 atom stereocenters. The van der Waals surface area contributed by atoms with Crippen molar-refractivity contribution in [2.45, 2.75) is 19.8 Å². The first-order chi connectivity index (χ1) is 7.51. The van der Waals surface area contributed by atoms with E-state index in [-0.39, 0.29) is 13.0 Å². The van der Waals surface area contributed by atoms with Gasteiger partial charge in [-0.3, -0.25) is 0 Å². The number of ether oxygens (including phenoxy) is 1. The summed E-state index contributed by atoms with van der Waals surface area (Å²) in [7, 11) is 1.57. The smallest absolute Gasteiger partial charge is 0.245 e. The van der Waals surface area contributed by atoms with Gasteiger partial charge in [0, 0.05) is 12.0 Å². The van der Waals surface area contributed by atoms with E-state index in [1.807, 2.05) is 0 Å². The van der Waals surface area contributed by atoms with Crippen LogP contribution in [0, 0.1) is 5.41 Å². The van der Waals surface area contributed by atoms with Crippen molar-refractivity contribution in [3.8, 4) is 5.75 Å². The van der Waals surface area contributed by atoms with Gasteiger partial charge in [-0.05, 0) is 24.1 Å². The average Bonchev–Trinajstić information content (AvgIpc) is 2.29. The van der Waals surface area contributed by atoms with E-state index in [2.05, 4.69) is 0 Å². The minimum absolute atomic E-state index is 0.0311. The predicted octanol–water partition coefficient (Wildman–Crippen LogP) is 2.47. The minimum atomic E-state index is -2.42. The molecule has 2 nitrogen and oxygen atoms in total. The van der Waals surface area contributed by atoms with Gasteiger partial charge in [-0.25, -0.2) is 8.78 Å². The molecular weight excluding hydrogens is 212 g/mol. The third kappa shape index (κ3) is 2.92. The Balaban J connectivity index is 2.78. The Morgan fingerprint density at radius 3 is 2.25 bits per heavy atom. The van der Waals surface area contributed by atoms with Gasteiger partial charge in [-0.1, -0.05) is 19.1 Å². The Morgan fingerprint density at radius 2 is 1.88 bits per heavy atom. The molecule has 0 fully saturated rings. The summed E-state index contributed by atoms with van der Waals surface area (Å²) in [5.41, 5.74) is 5.09. The number of benzene rings is 1. The molecule has 16 heavy (non-hydrogen) atoms. The van der Waals surface area contributed by atoms with Gasteiger partial charge < -0.3 is 10.5 Å². The van der Waals surface area contributed by atoms with Gasteiger partial charge in [0.05, 0.1) is 7.11 Å². The molecule has 2 N–H and O–H groups in total. The van der Waals surface area contributed by atoms with E-state index in [1.165, 1.54) is 6.92 Å². The van der Waals surface area contributed by atoms with Gasteiger partial charge in [0.25, 0.3) is 0 Å². The summed E-state index contributed by atoms with van der Waals surface area (Å²) in [6.45, 7) is 1.47. The molecule has 1 aromatic carbocycles. The van der Waals surface area contributed by atoms with Gasteiger partial charge in [-0.15, -0.1) is 0 Å². The van der Waals surface area contributed by atoms with Crippen molar-refractivity contribution >= 4 is 0 Å². The highest BCUT2D eigenvalue weighted by atomic mass is 19.3. The lowest BCUT2D eigenvalue weighted by Crippen LogP contribution is -2.36. The second-order valence-corrected chi connectivity index (χ2v) is 4.18. The summed E-state index contributed by atoms with van der Waals surface area (Å²) >= 11 is 0. The Labute approximate surface area is 94.4 Å². The van der Waals surface area contributed by atoms with Crippen LogP contribution in [0.25, 0.3) is 0 Å². The fraction of sp³-hybridized carbons (Fsp3) is 0.500. The number of alkyl halides is 2. The first kappa shape index (κ1) is 12.9. The lowest BCUT2D eigenvalue weighted by molar-refractivity contribution is 0.0133. The first-order valence-electron chi connectivity index (χ1n) is 5.13. The van der Waals surface area contributed by atoms with Crippen LogP contribution in [0.1, 0.15) is 12.5 Å². The fourth-order valence-electron chi connectivity index (χ4n) is 1.45. The van der Waals surface area contributed by atoms with E-state index in [4.69, 9.17) is 10.5 Å². The lowest BCUT2D eigenvalue weighted by Gasteiger charge is -2.27. The molecule has 0 aliphatic carbocycles. The first-order valence-corrected chi connectivity index (χ1v) is 5.13. The summed E-state index contributed by atoms with van der Waals surface area (Å²) in [5.74, 6) is 0.718. The third-order valence-corrected chi connectivity index (χ3v) is 2.76. The molecule has 0 aliphatic rings. The molecule has 0 heterocycles. The Hall–Kier alpha value is -1.16. The molecule has 4 heteroatoms. The van der Waals surface area contributed by atoms with E-state index in [0.717, 1.165) is 11.3 Å². The largest absolute Gasteiger partial charge is 0.497 e.